The van der Waals surface area contributed by atoms with E-state index in [4.69, 9.17) is 5.73 Å². The summed E-state index contributed by atoms with van der Waals surface area (Å²) < 4.78 is 0. The maximum Gasteiger partial charge on any atom is 0.237 e. The van der Waals surface area contributed by atoms with Crippen LogP contribution in [0.15, 0.2) is 0 Å². The Kier molecular flexibility index (Phi) is 7.39. The van der Waals surface area contributed by atoms with Crippen LogP contribution in [-0.2, 0) is 4.79 Å². The van der Waals surface area contributed by atoms with Gasteiger partial charge in [0.1, 0.15) is 0 Å². The van der Waals surface area contributed by atoms with Crippen LogP contribution in [0, 0.1) is 5.92 Å². The van der Waals surface area contributed by atoms with Gasteiger partial charge in [0.05, 0.1) is 6.04 Å². The summed E-state index contributed by atoms with van der Waals surface area (Å²) in [4.78, 5) is 13.8. The quantitative estimate of drug-likeness (QED) is 0.706. The second-order valence-corrected chi connectivity index (χ2v) is 5.52. The number of carbonyl (C=O) groups is 1. The Morgan fingerprint density at radius 1 is 1.24 bits per heavy atom. The number of nitrogens with zero attached hydrogens (tertiary/aromatic N) is 1. The van der Waals surface area contributed by atoms with Crippen molar-refractivity contribution in [2.75, 3.05) is 13.6 Å². The van der Waals surface area contributed by atoms with Gasteiger partial charge >= 0.3 is 0 Å². The third kappa shape index (κ3) is 6.64. The Morgan fingerprint density at radius 2 is 1.76 bits per heavy atom. The van der Waals surface area contributed by atoms with Crippen LogP contribution < -0.4 is 11.1 Å². The lowest BCUT2D eigenvalue weighted by Crippen LogP contribution is -2.46. The number of nitrogens with two attached hydrogens (primary N) is 1. The van der Waals surface area contributed by atoms with Crippen molar-refractivity contribution in [1.82, 2.24) is 10.2 Å². The molecule has 4 nitrogen and oxygen atoms in total. The summed E-state index contributed by atoms with van der Waals surface area (Å²) >= 11 is 0. The second-order valence-electron chi connectivity index (χ2n) is 5.52. The maximum atomic E-state index is 11.8. The molecule has 0 fully saturated rings. The predicted molar refractivity (Wildman–Crippen MR) is 72.8 cm³/mol. The number of rotatable bonds is 7. The normalized spacial score (nSPS) is 15.4. The first kappa shape index (κ1) is 16.4. The lowest BCUT2D eigenvalue weighted by molar-refractivity contribution is -0.125. The molecular weight excluding hydrogens is 214 g/mol. The fourth-order valence-electron chi connectivity index (χ4n) is 1.48. The summed E-state index contributed by atoms with van der Waals surface area (Å²) in [6.45, 7) is 11.0. The van der Waals surface area contributed by atoms with Gasteiger partial charge < -0.3 is 11.1 Å². The predicted octanol–water partition coefficient (Wildman–Crippen LogP) is 1.20. The number of hydrogen-bond acceptors (Lipinski definition) is 3. The number of likely N-dealkylation sites (N-methyl/N-ethyl adjacent to an activating group) is 1. The highest BCUT2D eigenvalue weighted by Gasteiger charge is 2.19. The minimum atomic E-state index is -0.100. The highest BCUT2D eigenvalue weighted by atomic mass is 16.2. The molecule has 0 radical (unpaired) electrons. The fourth-order valence-corrected chi connectivity index (χ4v) is 1.48. The van der Waals surface area contributed by atoms with E-state index < -0.39 is 0 Å². The number of nitrogens with one attached hydrogen (secondary N) is 1. The van der Waals surface area contributed by atoms with E-state index in [1.807, 2.05) is 27.8 Å². The number of carbonyl (C=O) groups excluding carboxylic acids is 1. The Bertz CT molecular complexity index is 229. The molecule has 4 heteroatoms. The van der Waals surface area contributed by atoms with E-state index in [0.29, 0.717) is 5.92 Å². The van der Waals surface area contributed by atoms with Crippen molar-refractivity contribution in [2.45, 2.75) is 59.2 Å². The van der Waals surface area contributed by atoms with Crippen LogP contribution >= 0.6 is 0 Å². The van der Waals surface area contributed by atoms with Gasteiger partial charge in [-0.05, 0) is 40.2 Å². The molecule has 0 aliphatic rings. The zero-order chi connectivity index (χ0) is 13.6. The summed E-state index contributed by atoms with van der Waals surface area (Å²) in [7, 11) is 1.97. The second kappa shape index (κ2) is 7.67. The van der Waals surface area contributed by atoms with Gasteiger partial charge in [0.25, 0.3) is 0 Å². The van der Waals surface area contributed by atoms with Gasteiger partial charge in [0, 0.05) is 18.6 Å². The van der Waals surface area contributed by atoms with E-state index in [1.165, 1.54) is 0 Å². The standard InChI is InChI=1S/C13H29N3O/c1-9(2)12(14)7-8-16(6)11(5)13(17)15-10(3)4/h9-12H,7-8,14H2,1-6H3,(H,15,17). The molecule has 0 rings (SSSR count). The SMILES string of the molecule is CC(C)NC(=O)C(C)N(C)CCC(N)C(C)C. The Labute approximate surface area is 106 Å². The molecule has 1 amide bonds. The molecule has 2 atom stereocenters. The van der Waals surface area contributed by atoms with E-state index in [0.717, 1.165) is 13.0 Å². The third-order valence-corrected chi connectivity index (χ3v) is 3.14. The Balaban J connectivity index is 4.05. The first-order valence-corrected chi connectivity index (χ1v) is 6.51. The van der Waals surface area contributed by atoms with Crippen LogP contribution in [0.4, 0.5) is 0 Å². The van der Waals surface area contributed by atoms with Crippen LogP contribution in [0.1, 0.15) is 41.0 Å². The smallest absolute Gasteiger partial charge is 0.237 e. The molecular formula is C13H29N3O. The van der Waals surface area contributed by atoms with Crippen molar-refractivity contribution in [2.24, 2.45) is 11.7 Å². The molecule has 0 spiro atoms. The molecule has 0 heterocycles. The van der Waals surface area contributed by atoms with Crippen LogP contribution in [-0.4, -0.2) is 42.5 Å². The van der Waals surface area contributed by atoms with Gasteiger partial charge in [0.2, 0.25) is 5.91 Å². The maximum absolute atomic E-state index is 11.8. The van der Waals surface area contributed by atoms with E-state index in [9.17, 15) is 4.79 Å². The van der Waals surface area contributed by atoms with Crippen LogP contribution in [0.5, 0.6) is 0 Å². The van der Waals surface area contributed by atoms with Gasteiger partial charge in [-0.1, -0.05) is 13.8 Å². The Morgan fingerprint density at radius 3 is 2.18 bits per heavy atom. The third-order valence-electron chi connectivity index (χ3n) is 3.14. The van der Waals surface area contributed by atoms with E-state index in [2.05, 4.69) is 24.1 Å². The van der Waals surface area contributed by atoms with Gasteiger partial charge in [-0.2, -0.15) is 0 Å². The van der Waals surface area contributed by atoms with Crippen LogP contribution in [0.25, 0.3) is 0 Å². The summed E-state index contributed by atoms with van der Waals surface area (Å²) in [6, 6.07) is 0.297. The number of amides is 1. The van der Waals surface area contributed by atoms with Crippen molar-refractivity contribution in [3.63, 3.8) is 0 Å². The van der Waals surface area contributed by atoms with Gasteiger partial charge in [-0.15, -0.1) is 0 Å². The molecule has 0 bridgehead atoms. The lowest BCUT2D eigenvalue weighted by atomic mass is 10.0. The zero-order valence-corrected chi connectivity index (χ0v) is 12.2. The largest absolute Gasteiger partial charge is 0.353 e. The minimum absolute atomic E-state index is 0.0839. The topological polar surface area (TPSA) is 58.4 Å². The van der Waals surface area contributed by atoms with Gasteiger partial charge in [0.15, 0.2) is 0 Å². The molecule has 0 aromatic carbocycles. The van der Waals surface area contributed by atoms with Gasteiger partial charge in [-0.25, -0.2) is 0 Å². The summed E-state index contributed by atoms with van der Waals surface area (Å²) in [6.07, 6.45) is 0.924. The molecule has 0 aliphatic carbocycles. The first-order chi connectivity index (χ1) is 7.75. The molecule has 0 aromatic heterocycles. The monoisotopic (exact) mass is 243 g/mol. The molecule has 102 valence electrons. The fraction of sp³-hybridized carbons (Fsp3) is 0.923. The van der Waals surface area contributed by atoms with Crippen LogP contribution in [0.2, 0.25) is 0 Å². The van der Waals surface area contributed by atoms with Crippen molar-refractivity contribution < 1.29 is 4.79 Å². The molecule has 2 unspecified atom stereocenters. The molecule has 17 heavy (non-hydrogen) atoms. The molecule has 0 aliphatic heterocycles. The van der Waals surface area contributed by atoms with Crippen LogP contribution in [0.3, 0.4) is 0 Å². The lowest BCUT2D eigenvalue weighted by Gasteiger charge is -2.26. The molecule has 0 saturated heterocycles. The van der Waals surface area contributed by atoms with E-state index in [-0.39, 0.29) is 24.0 Å². The summed E-state index contributed by atoms with van der Waals surface area (Å²) in [5.41, 5.74) is 5.99. The summed E-state index contributed by atoms with van der Waals surface area (Å²) in [5, 5.41) is 2.92. The average molecular weight is 243 g/mol. The highest BCUT2D eigenvalue weighted by molar-refractivity contribution is 5.81. The van der Waals surface area contributed by atoms with Crippen molar-refractivity contribution >= 4 is 5.91 Å². The molecule has 3 N–H and O–H groups in total. The van der Waals surface area contributed by atoms with E-state index >= 15 is 0 Å². The summed E-state index contributed by atoms with van der Waals surface area (Å²) in [5.74, 6) is 0.573. The Hall–Kier alpha value is -0.610. The average Bonchev–Trinajstić information content (AvgIpc) is 2.22. The van der Waals surface area contributed by atoms with Crippen molar-refractivity contribution in [3.8, 4) is 0 Å². The minimum Gasteiger partial charge on any atom is -0.353 e. The van der Waals surface area contributed by atoms with Gasteiger partial charge in [-0.3, -0.25) is 9.69 Å². The molecule has 0 saturated carbocycles. The number of hydrogen-bond donors (Lipinski definition) is 2. The highest BCUT2D eigenvalue weighted by Crippen LogP contribution is 2.05. The molecule has 0 aromatic rings. The van der Waals surface area contributed by atoms with E-state index in [1.54, 1.807) is 0 Å². The zero-order valence-electron chi connectivity index (χ0n) is 12.2. The van der Waals surface area contributed by atoms with Crippen molar-refractivity contribution in [1.29, 1.82) is 0 Å². The first-order valence-electron chi connectivity index (χ1n) is 6.51. The van der Waals surface area contributed by atoms with Crippen molar-refractivity contribution in [3.05, 3.63) is 0 Å².